The van der Waals surface area contributed by atoms with E-state index in [1.807, 2.05) is 18.2 Å². The van der Waals surface area contributed by atoms with Gasteiger partial charge < -0.3 is 14.8 Å². The van der Waals surface area contributed by atoms with Gasteiger partial charge in [-0.3, -0.25) is 0 Å². The van der Waals surface area contributed by atoms with Crippen LogP contribution in [0.25, 0.3) is 0 Å². The summed E-state index contributed by atoms with van der Waals surface area (Å²) in [6.45, 7) is 4.75. The van der Waals surface area contributed by atoms with Crippen molar-refractivity contribution in [3.63, 3.8) is 0 Å². The van der Waals surface area contributed by atoms with Crippen molar-refractivity contribution in [3.8, 4) is 11.5 Å². The Morgan fingerprint density at radius 3 is 2.70 bits per heavy atom. The van der Waals surface area contributed by atoms with Crippen molar-refractivity contribution in [3.05, 3.63) is 59.4 Å². The van der Waals surface area contributed by atoms with Crippen LogP contribution in [0.1, 0.15) is 50.7 Å². The molecule has 2 aromatic rings. The summed E-state index contributed by atoms with van der Waals surface area (Å²) >= 11 is 0. The first-order valence-electron chi connectivity index (χ1n) is 9.98. The Morgan fingerprint density at radius 1 is 1.15 bits per heavy atom. The van der Waals surface area contributed by atoms with Gasteiger partial charge in [0.25, 0.3) is 0 Å². The minimum atomic E-state index is -0.177. The molecule has 1 heterocycles. The van der Waals surface area contributed by atoms with E-state index in [0.29, 0.717) is 18.9 Å². The molecule has 1 fully saturated rings. The number of nitrogens with one attached hydrogen (secondary N) is 1. The first kappa shape index (κ1) is 18.3. The second kappa shape index (κ2) is 7.51. The van der Waals surface area contributed by atoms with Gasteiger partial charge in [0.1, 0.15) is 5.82 Å². The number of hydrogen-bond donors (Lipinski definition) is 1. The Kier molecular flexibility index (Phi) is 5.09. The van der Waals surface area contributed by atoms with Crippen LogP contribution in [-0.2, 0) is 11.8 Å². The summed E-state index contributed by atoms with van der Waals surface area (Å²) in [6, 6.07) is 14.4. The van der Waals surface area contributed by atoms with E-state index < -0.39 is 0 Å². The topological polar surface area (TPSA) is 30.5 Å². The summed E-state index contributed by atoms with van der Waals surface area (Å²) in [7, 11) is 0. The number of fused-ring (bicyclic) bond motifs is 1. The van der Waals surface area contributed by atoms with Gasteiger partial charge in [0.05, 0.1) is 0 Å². The molecule has 0 amide bonds. The predicted octanol–water partition coefficient (Wildman–Crippen LogP) is 4.98. The van der Waals surface area contributed by atoms with Crippen molar-refractivity contribution >= 4 is 0 Å². The molecule has 27 heavy (non-hydrogen) atoms. The fourth-order valence-corrected chi connectivity index (χ4v) is 4.56. The molecular formula is C23H28FNO2. The Bertz CT molecular complexity index is 791. The minimum Gasteiger partial charge on any atom is -0.454 e. The van der Waals surface area contributed by atoms with Crippen LogP contribution in [0.4, 0.5) is 4.39 Å². The average molecular weight is 369 g/mol. The lowest BCUT2D eigenvalue weighted by molar-refractivity contribution is 0.174. The summed E-state index contributed by atoms with van der Waals surface area (Å²) in [5, 5.41) is 3.77. The fourth-order valence-electron chi connectivity index (χ4n) is 4.56. The van der Waals surface area contributed by atoms with Crippen LogP contribution in [0.2, 0.25) is 0 Å². The Hall–Kier alpha value is -2.07. The SMILES string of the molecule is CCC(C)NC1CCC(Cc2ccc3c(c2)OCO3)(c2ccc(F)cc2)C1. The van der Waals surface area contributed by atoms with Crippen molar-refractivity contribution in [2.75, 3.05) is 6.79 Å². The fraction of sp³-hybridized carbons (Fsp3) is 0.478. The summed E-state index contributed by atoms with van der Waals surface area (Å²) in [5.74, 6) is 1.47. The zero-order valence-corrected chi connectivity index (χ0v) is 16.1. The maximum atomic E-state index is 13.5. The molecule has 2 aliphatic rings. The van der Waals surface area contributed by atoms with Crippen LogP contribution in [0.15, 0.2) is 42.5 Å². The molecule has 0 radical (unpaired) electrons. The normalized spacial score (nSPS) is 24.9. The molecule has 0 bridgehead atoms. The quantitative estimate of drug-likeness (QED) is 0.779. The molecule has 1 saturated carbocycles. The molecule has 0 aromatic heterocycles. The third-order valence-electron chi connectivity index (χ3n) is 6.18. The molecule has 1 aliphatic carbocycles. The lowest BCUT2D eigenvalue weighted by Gasteiger charge is -2.31. The molecule has 4 rings (SSSR count). The van der Waals surface area contributed by atoms with E-state index >= 15 is 0 Å². The van der Waals surface area contributed by atoms with E-state index in [4.69, 9.17) is 9.47 Å². The highest BCUT2D eigenvalue weighted by Gasteiger charge is 2.41. The number of halogens is 1. The molecule has 3 atom stereocenters. The highest BCUT2D eigenvalue weighted by Crippen LogP contribution is 2.45. The minimum absolute atomic E-state index is 0.0204. The maximum Gasteiger partial charge on any atom is 0.231 e. The summed E-state index contributed by atoms with van der Waals surface area (Å²) < 4.78 is 24.5. The van der Waals surface area contributed by atoms with E-state index in [9.17, 15) is 4.39 Å². The maximum absolute atomic E-state index is 13.5. The van der Waals surface area contributed by atoms with Crippen LogP contribution in [0, 0.1) is 5.82 Å². The Labute approximate surface area is 160 Å². The van der Waals surface area contributed by atoms with Crippen molar-refractivity contribution in [1.82, 2.24) is 5.32 Å². The van der Waals surface area contributed by atoms with Gasteiger partial charge >= 0.3 is 0 Å². The Morgan fingerprint density at radius 2 is 1.93 bits per heavy atom. The number of ether oxygens (including phenoxy) is 2. The second-order valence-electron chi connectivity index (χ2n) is 8.07. The standard InChI is InChI=1S/C23H28FNO2/c1-3-16(2)25-20-10-11-23(14-20,18-5-7-19(24)8-6-18)13-17-4-9-21-22(12-17)27-15-26-21/h4-9,12,16,20,25H,3,10-11,13-15H2,1-2H3. The molecule has 1 aliphatic heterocycles. The van der Waals surface area contributed by atoms with E-state index in [2.05, 4.69) is 31.3 Å². The monoisotopic (exact) mass is 369 g/mol. The second-order valence-corrected chi connectivity index (χ2v) is 8.07. The van der Waals surface area contributed by atoms with Crippen LogP contribution < -0.4 is 14.8 Å². The first-order valence-corrected chi connectivity index (χ1v) is 9.98. The van der Waals surface area contributed by atoms with Gasteiger partial charge in [0.15, 0.2) is 11.5 Å². The molecule has 144 valence electrons. The first-order chi connectivity index (χ1) is 13.1. The van der Waals surface area contributed by atoms with Gasteiger partial charge in [-0.05, 0) is 74.4 Å². The number of hydrogen-bond acceptors (Lipinski definition) is 3. The Balaban J connectivity index is 1.61. The summed E-state index contributed by atoms with van der Waals surface area (Å²) in [6.07, 6.45) is 5.36. The lowest BCUT2D eigenvalue weighted by Crippen LogP contribution is -2.36. The predicted molar refractivity (Wildman–Crippen MR) is 105 cm³/mol. The van der Waals surface area contributed by atoms with E-state index in [1.54, 1.807) is 12.1 Å². The molecule has 2 aromatic carbocycles. The average Bonchev–Trinajstić information content (AvgIpc) is 3.29. The number of benzene rings is 2. The van der Waals surface area contributed by atoms with Crippen LogP contribution in [-0.4, -0.2) is 18.9 Å². The largest absolute Gasteiger partial charge is 0.454 e. The highest BCUT2D eigenvalue weighted by molar-refractivity contribution is 5.45. The molecule has 4 heteroatoms. The van der Waals surface area contributed by atoms with Gasteiger partial charge in [0.2, 0.25) is 6.79 Å². The van der Waals surface area contributed by atoms with Gasteiger partial charge in [-0.2, -0.15) is 0 Å². The van der Waals surface area contributed by atoms with Crippen molar-refractivity contribution < 1.29 is 13.9 Å². The smallest absolute Gasteiger partial charge is 0.231 e. The third-order valence-corrected chi connectivity index (χ3v) is 6.18. The molecule has 1 N–H and O–H groups in total. The summed E-state index contributed by atoms with van der Waals surface area (Å²) in [4.78, 5) is 0. The van der Waals surface area contributed by atoms with E-state index in [-0.39, 0.29) is 11.2 Å². The zero-order chi connectivity index (χ0) is 18.9. The number of rotatable bonds is 6. The zero-order valence-electron chi connectivity index (χ0n) is 16.1. The molecule has 0 saturated heterocycles. The molecule has 0 spiro atoms. The van der Waals surface area contributed by atoms with Gasteiger partial charge in [-0.1, -0.05) is 25.1 Å². The van der Waals surface area contributed by atoms with Gasteiger partial charge in [-0.15, -0.1) is 0 Å². The van der Waals surface area contributed by atoms with Crippen LogP contribution >= 0.6 is 0 Å². The molecular weight excluding hydrogens is 341 g/mol. The van der Waals surface area contributed by atoms with Gasteiger partial charge in [-0.25, -0.2) is 4.39 Å². The van der Waals surface area contributed by atoms with Crippen LogP contribution in [0.5, 0.6) is 11.5 Å². The van der Waals surface area contributed by atoms with Crippen LogP contribution in [0.3, 0.4) is 0 Å². The van der Waals surface area contributed by atoms with Crippen molar-refractivity contribution in [2.45, 2.75) is 63.5 Å². The van der Waals surface area contributed by atoms with E-state index in [0.717, 1.165) is 43.6 Å². The van der Waals surface area contributed by atoms with Crippen molar-refractivity contribution in [1.29, 1.82) is 0 Å². The summed E-state index contributed by atoms with van der Waals surface area (Å²) in [5.41, 5.74) is 2.50. The highest BCUT2D eigenvalue weighted by atomic mass is 19.1. The molecule has 3 nitrogen and oxygen atoms in total. The third kappa shape index (κ3) is 3.81. The van der Waals surface area contributed by atoms with Gasteiger partial charge in [0, 0.05) is 17.5 Å². The van der Waals surface area contributed by atoms with E-state index in [1.165, 1.54) is 11.1 Å². The molecule has 3 unspecified atom stereocenters. The van der Waals surface area contributed by atoms with Crippen molar-refractivity contribution in [2.24, 2.45) is 0 Å². The lowest BCUT2D eigenvalue weighted by atomic mass is 9.74.